The van der Waals surface area contributed by atoms with E-state index in [9.17, 15) is 21.6 Å². The second kappa shape index (κ2) is 3.67. The van der Waals surface area contributed by atoms with Gasteiger partial charge in [0.15, 0.2) is 11.5 Å². The molecular formula is C9H6ClF3O4S. The summed E-state index contributed by atoms with van der Waals surface area (Å²) in [6.07, 6.45) is -4.76. The van der Waals surface area contributed by atoms with Crippen LogP contribution in [0, 0.1) is 0 Å². The van der Waals surface area contributed by atoms with Crippen LogP contribution in [-0.4, -0.2) is 20.4 Å². The average Bonchev–Trinajstić information content (AvgIpc) is 2.51. The Hall–Kier alpha value is -1.15. The van der Waals surface area contributed by atoms with E-state index in [2.05, 4.69) is 9.47 Å². The Balaban J connectivity index is 2.43. The van der Waals surface area contributed by atoms with Crippen LogP contribution in [0.2, 0.25) is 0 Å². The van der Waals surface area contributed by atoms with Crippen molar-refractivity contribution in [2.45, 2.75) is 23.8 Å². The second-order valence-corrected chi connectivity index (χ2v) is 6.26. The molecule has 9 heteroatoms. The van der Waals surface area contributed by atoms with E-state index in [0.29, 0.717) is 6.92 Å². The molecule has 1 aliphatic heterocycles. The van der Waals surface area contributed by atoms with E-state index in [-0.39, 0.29) is 16.4 Å². The molecule has 1 heterocycles. The molecule has 0 radical (unpaired) electrons. The summed E-state index contributed by atoms with van der Waals surface area (Å²) in [5.41, 5.74) is 0. The molecular weight excluding hydrogens is 297 g/mol. The summed E-state index contributed by atoms with van der Waals surface area (Å²) in [7, 11) is 1.03. The summed E-state index contributed by atoms with van der Waals surface area (Å²) < 4.78 is 69.3. The van der Waals surface area contributed by atoms with Crippen LogP contribution in [-0.2, 0) is 9.05 Å². The fourth-order valence-corrected chi connectivity index (χ4v) is 2.13. The molecule has 1 aromatic rings. The van der Waals surface area contributed by atoms with Gasteiger partial charge in [0.25, 0.3) is 9.05 Å². The molecule has 0 fully saturated rings. The molecule has 2 rings (SSSR count). The summed E-state index contributed by atoms with van der Waals surface area (Å²) in [5, 5.41) is 0. The van der Waals surface area contributed by atoms with Crippen LogP contribution in [0.15, 0.2) is 23.1 Å². The first-order chi connectivity index (χ1) is 8.03. The average molecular weight is 303 g/mol. The van der Waals surface area contributed by atoms with Crippen molar-refractivity contribution in [1.82, 2.24) is 0 Å². The summed E-state index contributed by atoms with van der Waals surface area (Å²) in [5.74, 6) is -3.35. The van der Waals surface area contributed by atoms with Crippen LogP contribution in [0.25, 0.3) is 0 Å². The third-order valence-electron chi connectivity index (χ3n) is 2.32. The number of hydrogen-bond acceptors (Lipinski definition) is 4. The standard InChI is InChI=1S/C9H6ClF3O4S/c1-8(9(11,12)13)16-6-3-2-5(18(10,14)15)4-7(6)17-8/h2-4H,1H3/t8-/m1/s1. The molecule has 100 valence electrons. The maximum absolute atomic E-state index is 12.7. The highest BCUT2D eigenvalue weighted by Gasteiger charge is 2.60. The van der Waals surface area contributed by atoms with Crippen molar-refractivity contribution < 1.29 is 31.1 Å². The number of hydrogen-bond donors (Lipinski definition) is 0. The van der Waals surface area contributed by atoms with Crippen molar-refractivity contribution in [1.29, 1.82) is 0 Å². The second-order valence-electron chi connectivity index (χ2n) is 3.69. The van der Waals surface area contributed by atoms with E-state index in [1.165, 1.54) is 0 Å². The highest BCUT2D eigenvalue weighted by Crippen LogP contribution is 2.47. The smallest absolute Gasteiger partial charge is 0.441 e. The Labute approximate surface area is 105 Å². The van der Waals surface area contributed by atoms with Gasteiger partial charge in [-0.3, -0.25) is 0 Å². The zero-order valence-electron chi connectivity index (χ0n) is 8.79. The molecule has 18 heavy (non-hydrogen) atoms. The Bertz CT molecular complexity index is 598. The number of halogens is 4. The predicted molar refractivity (Wildman–Crippen MR) is 55.2 cm³/mol. The third-order valence-corrected chi connectivity index (χ3v) is 3.67. The number of ether oxygens (including phenoxy) is 2. The Kier molecular flexibility index (Phi) is 2.71. The SMILES string of the molecule is C[C@@]1(C(F)(F)F)Oc2ccc(S(=O)(=O)Cl)cc2O1. The zero-order chi connectivity index (χ0) is 13.8. The summed E-state index contributed by atoms with van der Waals surface area (Å²) in [4.78, 5) is -0.363. The summed E-state index contributed by atoms with van der Waals surface area (Å²) in [6, 6.07) is 2.98. The van der Waals surface area contributed by atoms with Crippen molar-refractivity contribution in [3.05, 3.63) is 18.2 Å². The van der Waals surface area contributed by atoms with E-state index in [1.54, 1.807) is 0 Å². The van der Waals surface area contributed by atoms with Crippen LogP contribution < -0.4 is 9.47 Å². The van der Waals surface area contributed by atoms with Gasteiger partial charge in [-0.2, -0.15) is 13.2 Å². The van der Waals surface area contributed by atoms with Crippen LogP contribution in [0.3, 0.4) is 0 Å². The lowest BCUT2D eigenvalue weighted by Crippen LogP contribution is -2.49. The van der Waals surface area contributed by atoms with Crippen LogP contribution >= 0.6 is 10.7 Å². The topological polar surface area (TPSA) is 52.6 Å². The highest BCUT2D eigenvalue weighted by molar-refractivity contribution is 8.13. The van der Waals surface area contributed by atoms with Gasteiger partial charge < -0.3 is 9.47 Å². The van der Waals surface area contributed by atoms with Gasteiger partial charge in [-0.25, -0.2) is 8.42 Å². The van der Waals surface area contributed by atoms with Gasteiger partial charge in [0.05, 0.1) is 4.90 Å². The van der Waals surface area contributed by atoms with Gasteiger partial charge in [-0.05, 0) is 12.1 Å². The first kappa shape index (κ1) is 13.3. The molecule has 1 aromatic carbocycles. The molecule has 0 amide bonds. The molecule has 0 spiro atoms. The maximum Gasteiger partial charge on any atom is 0.467 e. The quantitative estimate of drug-likeness (QED) is 0.748. The van der Waals surface area contributed by atoms with Crippen molar-refractivity contribution in [3.63, 3.8) is 0 Å². The number of fused-ring (bicyclic) bond motifs is 1. The normalized spacial score (nSPS) is 23.2. The van der Waals surface area contributed by atoms with Crippen molar-refractivity contribution in [3.8, 4) is 11.5 Å². The third kappa shape index (κ3) is 2.10. The van der Waals surface area contributed by atoms with E-state index in [4.69, 9.17) is 10.7 Å². The molecule has 0 aromatic heterocycles. The fraction of sp³-hybridized carbons (Fsp3) is 0.333. The van der Waals surface area contributed by atoms with Crippen LogP contribution in [0.4, 0.5) is 13.2 Å². The van der Waals surface area contributed by atoms with Gasteiger partial charge in [0.2, 0.25) is 0 Å². The Morgan fingerprint density at radius 2 is 1.78 bits per heavy atom. The zero-order valence-corrected chi connectivity index (χ0v) is 10.4. The Morgan fingerprint density at radius 1 is 1.22 bits per heavy atom. The number of rotatable bonds is 1. The maximum atomic E-state index is 12.7. The molecule has 1 aliphatic rings. The minimum Gasteiger partial charge on any atom is -0.441 e. The Morgan fingerprint density at radius 3 is 2.28 bits per heavy atom. The molecule has 0 N–H and O–H groups in total. The number of alkyl halides is 3. The minimum atomic E-state index is -4.76. The van der Waals surface area contributed by atoms with E-state index >= 15 is 0 Å². The molecule has 0 saturated heterocycles. The van der Waals surface area contributed by atoms with Crippen LogP contribution in [0.1, 0.15) is 6.92 Å². The van der Waals surface area contributed by atoms with Crippen molar-refractivity contribution in [2.24, 2.45) is 0 Å². The predicted octanol–water partition coefficient (Wildman–Crippen LogP) is 2.66. The highest BCUT2D eigenvalue weighted by atomic mass is 35.7. The van der Waals surface area contributed by atoms with Gasteiger partial charge in [-0.1, -0.05) is 0 Å². The molecule has 0 bridgehead atoms. The first-order valence-electron chi connectivity index (χ1n) is 4.56. The van der Waals surface area contributed by atoms with Crippen LogP contribution in [0.5, 0.6) is 11.5 Å². The van der Waals surface area contributed by atoms with E-state index in [1.807, 2.05) is 0 Å². The largest absolute Gasteiger partial charge is 0.467 e. The molecule has 4 nitrogen and oxygen atoms in total. The van der Waals surface area contributed by atoms with Crippen molar-refractivity contribution in [2.75, 3.05) is 0 Å². The fourth-order valence-electron chi connectivity index (χ4n) is 1.36. The van der Waals surface area contributed by atoms with Crippen molar-refractivity contribution >= 4 is 19.7 Å². The van der Waals surface area contributed by atoms with Gasteiger partial charge in [0, 0.05) is 23.7 Å². The summed E-state index contributed by atoms with van der Waals surface area (Å²) in [6.45, 7) is 0.696. The lowest BCUT2D eigenvalue weighted by atomic mass is 10.3. The van der Waals surface area contributed by atoms with E-state index < -0.39 is 21.0 Å². The van der Waals surface area contributed by atoms with Gasteiger partial charge in [0.1, 0.15) is 0 Å². The lowest BCUT2D eigenvalue weighted by Gasteiger charge is -2.25. The minimum absolute atomic E-state index is 0.195. The first-order valence-corrected chi connectivity index (χ1v) is 6.87. The summed E-state index contributed by atoms with van der Waals surface area (Å²) >= 11 is 0. The van der Waals surface area contributed by atoms with Gasteiger partial charge in [-0.15, -0.1) is 0 Å². The molecule has 0 saturated carbocycles. The molecule has 0 unspecified atom stereocenters. The molecule has 1 atom stereocenters. The lowest BCUT2D eigenvalue weighted by molar-refractivity contribution is -0.300. The van der Waals surface area contributed by atoms with E-state index in [0.717, 1.165) is 18.2 Å². The van der Waals surface area contributed by atoms with Gasteiger partial charge >= 0.3 is 12.0 Å². The monoisotopic (exact) mass is 302 g/mol. The number of benzene rings is 1. The molecule has 0 aliphatic carbocycles.